The molecule has 2 aromatic heterocycles. The Kier molecular flexibility index (Phi) is 3.90. The minimum absolute atomic E-state index is 0.0279. The molecule has 1 aliphatic heterocycles. The molecule has 2 aromatic carbocycles. The van der Waals surface area contributed by atoms with Gasteiger partial charge in [-0.15, -0.1) is 5.10 Å². The fraction of sp³-hybridized carbons (Fsp3) is 0.182. The maximum absolute atomic E-state index is 5.97. The van der Waals surface area contributed by atoms with Crippen LogP contribution in [0.15, 0.2) is 60.8 Å². The number of hydrogen-bond donors (Lipinski definition) is 2. The number of nitrogen functional groups attached to an aromatic ring is 1. The van der Waals surface area contributed by atoms with Crippen molar-refractivity contribution in [3.8, 4) is 17.0 Å². The van der Waals surface area contributed by atoms with Crippen molar-refractivity contribution >= 4 is 17.2 Å². The highest BCUT2D eigenvalue weighted by Gasteiger charge is 2.27. The number of nitrogens with one attached hydrogen (secondary N) is 1. The number of ether oxygens (including phenoxy) is 1. The van der Waals surface area contributed by atoms with E-state index in [1.807, 2.05) is 35.0 Å². The summed E-state index contributed by atoms with van der Waals surface area (Å²) in [5.41, 5.74) is 12.1. The normalized spacial score (nSPS) is 15.0. The molecule has 140 valence electrons. The molecule has 1 atom stereocenters. The van der Waals surface area contributed by atoms with Crippen LogP contribution in [0.1, 0.15) is 30.5 Å². The van der Waals surface area contributed by atoms with Crippen molar-refractivity contribution in [2.75, 3.05) is 17.7 Å². The van der Waals surface area contributed by atoms with Gasteiger partial charge in [0.15, 0.2) is 0 Å². The van der Waals surface area contributed by atoms with E-state index in [2.05, 4.69) is 52.7 Å². The van der Waals surface area contributed by atoms with Crippen molar-refractivity contribution in [3.63, 3.8) is 0 Å². The molecule has 0 radical (unpaired) electrons. The molecule has 0 spiro atoms. The van der Waals surface area contributed by atoms with E-state index in [1.54, 1.807) is 0 Å². The molecule has 3 N–H and O–H groups in total. The van der Waals surface area contributed by atoms with E-state index in [-0.39, 0.29) is 12.0 Å². The molecule has 0 fully saturated rings. The van der Waals surface area contributed by atoms with Crippen molar-refractivity contribution in [2.45, 2.75) is 19.4 Å². The number of fused-ring (bicyclic) bond motifs is 2. The maximum atomic E-state index is 5.97. The molecule has 0 aliphatic carbocycles. The van der Waals surface area contributed by atoms with Gasteiger partial charge >= 0.3 is 0 Å². The maximum Gasteiger partial charge on any atom is 0.238 e. The Morgan fingerprint density at radius 2 is 1.93 bits per heavy atom. The molecule has 0 bridgehead atoms. The second kappa shape index (κ2) is 6.56. The van der Waals surface area contributed by atoms with Crippen LogP contribution in [-0.4, -0.2) is 21.2 Å². The van der Waals surface area contributed by atoms with Gasteiger partial charge in [0.25, 0.3) is 0 Å². The summed E-state index contributed by atoms with van der Waals surface area (Å²) in [6.07, 6.45) is 2.93. The number of rotatable bonds is 4. The Bertz CT molecular complexity index is 1150. The van der Waals surface area contributed by atoms with E-state index in [0.29, 0.717) is 0 Å². The molecular weight excluding hydrogens is 350 g/mol. The predicted molar refractivity (Wildman–Crippen MR) is 111 cm³/mol. The summed E-state index contributed by atoms with van der Waals surface area (Å²) >= 11 is 0. The van der Waals surface area contributed by atoms with Crippen LogP contribution in [-0.2, 0) is 0 Å². The summed E-state index contributed by atoms with van der Waals surface area (Å²) in [5.74, 6) is 1.15. The average Bonchev–Trinajstić information content (AvgIpc) is 3.08. The van der Waals surface area contributed by atoms with Gasteiger partial charge in [-0.2, -0.15) is 0 Å². The molecule has 5 rings (SSSR count). The largest absolute Gasteiger partial charge is 0.494 e. The minimum atomic E-state index is -0.0279. The minimum Gasteiger partial charge on any atom is -0.494 e. The van der Waals surface area contributed by atoms with E-state index >= 15 is 0 Å². The van der Waals surface area contributed by atoms with Crippen molar-refractivity contribution < 1.29 is 4.74 Å². The molecule has 3 heterocycles. The number of aromatic nitrogens is 3. The Morgan fingerprint density at radius 1 is 1.11 bits per heavy atom. The van der Waals surface area contributed by atoms with E-state index in [0.717, 1.165) is 52.4 Å². The second-order valence-corrected chi connectivity index (χ2v) is 6.92. The summed E-state index contributed by atoms with van der Waals surface area (Å²) < 4.78 is 7.55. The van der Waals surface area contributed by atoms with Gasteiger partial charge in [-0.1, -0.05) is 37.3 Å². The van der Waals surface area contributed by atoms with Crippen LogP contribution < -0.4 is 15.8 Å². The van der Waals surface area contributed by atoms with Crippen LogP contribution in [0.4, 0.5) is 11.6 Å². The van der Waals surface area contributed by atoms with Gasteiger partial charge in [0.1, 0.15) is 11.4 Å². The molecule has 0 amide bonds. The van der Waals surface area contributed by atoms with Crippen LogP contribution >= 0.6 is 0 Å². The first-order valence-corrected chi connectivity index (χ1v) is 9.48. The first-order chi connectivity index (χ1) is 13.7. The first-order valence-electron chi connectivity index (χ1n) is 9.48. The van der Waals surface area contributed by atoms with Gasteiger partial charge in [0.2, 0.25) is 5.95 Å². The van der Waals surface area contributed by atoms with Crippen LogP contribution in [0.5, 0.6) is 5.75 Å². The monoisotopic (exact) mass is 371 g/mol. The predicted octanol–water partition coefficient (Wildman–Crippen LogP) is 4.28. The molecular formula is C22H21N5O. The summed E-state index contributed by atoms with van der Waals surface area (Å²) in [7, 11) is 0. The van der Waals surface area contributed by atoms with Gasteiger partial charge < -0.3 is 15.8 Å². The zero-order chi connectivity index (χ0) is 19.1. The zero-order valence-electron chi connectivity index (χ0n) is 15.6. The number of nitrogens with zero attached hydrogens (tertiary/aromatic N) is 3. The smallest absolute Gasteiger partial charge is 0.238 e. The standard InChI is InChI=1S/C22H21N5O/c1-2-13-28-15-9-7-14(8-10-15)19-17-11-12-27-21(17)20(25-22(23)26-27)16-5-3-4-6-18(16)24-19/h3-12,19,24H,2,13H2,1H3,(H2,23,26). The van der Waals surface area contributed by atoms with Gasteiger partial charge in [-0.05, 0) is 36.2 Å². The average molecular weight is 371 g/mol. The molecule has 28 heavy (non-hydrogen) atoms. The van der Waals surface area contributed by atoms with Crippen LogP contribution in [0, 0.1) is 0 Å². The number of hydrogen-bond acceptors (Lipinski definition) is 5. The quantitative estimate of drug-likeness (QED) is 0.560. The van der Waals surface area contributed by atoms with E-state index < -0.39 is 0 Å². The molecule has 0 saturated heterocycles. The van der Waals surface area contributed by atoms with Crippen molar-refractivity contribution in [3.05, 3.63) is 71.9 Å². The van der Waals surface area contributed by atoms with Crippen molar-refractivity contribution in [1.82, 2.24) is 14.6 Å². The number of anilines is 2. The summed E-state index contributed by atoms with van der Waals surface area (Å²) in [5, 5.41) is 8.05. The Labute approximate surface area is 163 Å². The number of benzene rings is 2. The fourth-order valence-corrected chi connectivity index (χ4v) is 3.77. The molecule has 0 saturated carbocycles. The van der Waals surface area contributed by atoms with Gasteiger partial charge in [-0.25, -0.2) is 9.50 Å². The van der Waals surface area contributed by atoms with Crippen LogP contribution in [0.25, 0.3) is 16.8 Å². The molecule has 1 aliphatic rings. The van der Waals surface area contributed by atoms with E-state index in [9.17, 15) is 0 Å². The second-order valence-electron chi connectivity index (χ2n) is 6.92. The molecule has 1 unspecified atom stereocenters. The van der Waals surface area contributed by atoms with Crippen molar-refractivity contribution in [1.29, 1.82) is 0 Å². The summed E-state index contributed by atoms with van der Waals surface area (Å²) in [6.45, 7) is 2.83. The Hall–Kier alpha value is -3.54. The van der Waals surface area contributed by atoms with Gasteiger partial charge in [0, 0.05) is 23.0 Å². The highest BCUT2D eigenvalue weighted by Crippen LogP contribution is 2.41. The first kappa shape index (κ1) is 16.6. The topological polar surface area (TPSA) is 77.5 Å². The highest BCUT2D eigenvalue weighted by molar-refractivity contribution is 5.90. The number of nitrogens with two attached hydrogens (primary N) is 1. The zero-order valence-corrected chi connectivity index (χ0v) is 15.6. The Balaban J connectivity index is 1.67. The van der Waals surface area contributed by atoms with Crippen LogP contribution in [0.2, 0.25) is 0 Å². The summed E-state index contributed by atoms with van der Waals surface area (Å²) in [4.78, 5) is 4.57. The summed E-state index contributed by atoms with van der Waals surface area (Å²) in [6, 6.07) is 18.5. The van der Waals surface area contributed by atoms with E-state index in [1.165, 1.54) is 0 Å². The lowest BCUT2D eigenvalue weighted by Gasteiger charge is -2.19. The van der Waals surface area contributed by atoms with Gasteiger partial charge in [-0.3, -0.25) is 0 Å². The third-order valence-corrected chi connectivity index (χ3v) is 5.04. The van der Waals surface area contributed by atoms with Crippen LogP contribution in [0.3, 0.4) is 0 Å². The van der Waals surface area contributed by atoms with Gasteiger partial charge in [0.05, 0.1) is 18.2 Å². The third kappa shape index (κ3) is 2.65. The fourth-order valence-electron chi connectivity index (χ4n) is 3.77. The lowest BCUT2D eigenvalue weighted by atomic mass is 9.99. The van der Waals surface area contributed by atoms with E-state index in [4.69, 9.17) is 10.5 Å². The number of para-hydroxylation sites is 1. The molecule has 6 heteroatoms. The molecule has 4 aromatic rings. The highest BCUT2D eigenvalue weighted by atomic mass is 16.5. The lowest BCUT2D eigenvalue weighted by Crippen LogP contribution is -2.11. The third-order valence-electron chi connectivity index (χ3n) is 5.04. The lowest BCUT2D eigenvalue weighted by molar-refractivity contribution is 0.317. The molecule has 6 nitrogen and oxygen atoms in total. The SMILES string of the molecule is CCCOc1ccc(C2Nc3ccccc3-c3nc(N)nn4ccc2c34)cc1. The Morgan fingerprint density at radius 3 is 2.75 bits per heavy atom. The van der Waals surface area contributed by atoms with Crippen molar-refractivity contribution in [2.24, 2.45) is 0 Å².